The topological polar surface area (TPSA) is 18.5 Å². The van der Waals surface area contributed by atoms with Gasteiger partial charge in [0.05, 0.1) is 19.0 Å². The van der Waals surface area contributed by atoms with Crippen LogP contribution in [-0.4, -0.2) is 19.5 Å². The van der Waals surface area contributed by atoms with Crippen molar-refractivity contribution in [3.05, 3.63) is 24.1 Å². The van der Waals surface area contributed by atoms with E-state index < -0.39 is 0 Å². The lowest BCUT2D eigenvalue weighted by Crippen LogP contribution is -2.38. The number of ether oxygens (including phenoxy) is 2. The van der Waals surface area contributed by atoms with E-state index in [0.29, 0.717) is 24.2 Å². The monoisotopic (exact) mass is 336 g/mol. The molecular formula is C21H33FO2. The second-order valence-electron chi connectivity index (χ2n) is 7.87. The van der Waals surface area contributed by atoms with Crippen LogP contribution in [0.5, 0.6) is 0 Å². The SMILES string of the molecule is CCC/C=C/C1COC(C2CCC(C3CC=C(F)CC3)CC2)OC1. The van der Waals surface area contributed by atoms with Crippen LogP contribution in [0, 0.1) is 23.7 Å². The zero-order chi connectivity index (χ0) is 16.8. The normalized spacial score (nSPS) is 38.2. The van der Waals surface area contributed by atoms with E-state index >= 15 is 0 Å². The summed E-state index contributed by atoms with van der Waals surface area (Å²) in [6, 6.07) is 0. The van der Waals surface area contributed by atoms with Crippen LogP contribution in [0.1, 0.15) is 64.7 Å². The number of hydrogen-bond acceptors (Lipinski definition) is 2. The van der Waals surface area contributed by atoms with Crippen molar-refractivity contribution in [2.45, 2.75) is 71.0 Å². The molecule has 0 aromatic rings. The summed E-state index contributed by atoms with van der Waals surface area (Å²) in [6.07, 6.45) is 16.2. The van der Waals surface area contributed by atoms with Crippen LogP contribution in [0.25, 0.3) is 0 Å². The molecule has 3 rings (SSSR count). The second-order valence-corrected chi connectivity index (χ2v) is 7.87. The molecule has 0 spiro atoms. The molecular weight excluding hydrogens is 303 g/mol. The van der Waals surface area contributed by atoms with E-state index in [1.54, 1.807) is 0 Å². The van der Waals surface area contributed by atoms with E-state index in [2.05, 4.69) is 19.1 Å². The minimum Gasteiger partial charge on any atom is -0.352 e. The molecule has 0 aromatic carbocycles. The fourth-order valence-electron chi connectivity index (χ4n) is 4.51. The van der Waals surface area contributed by atoms with Crippen LogP contribution >= 0.6 is 0 Å². The minimum atomic E-state index is 0.00507. The van der Waals surface area contributed by atoms with E-state index in [1.807, 2.05) is 6.08 Å². The van der Waals surface area contributed by atoms with Crippen LogP contribution < -0.4 is 0 Å². The standard InChI is InChI=1S/C21H33FO2/c1-2-3-4-5-16-14-23-21(24-15-16)19-8-6-17(7-9-19)18-10-12-20(22)13-11-18/h4-5,12,16-19,21H,2-3,6-11,13-15H2,1H3/b5-4+. The minimum absolute atomic E-state index is 0.00507. The summed E-state index contributed by atoms with van der Waals surface area (Å²) in [7, 11) is 0. The van der Waals surface area contributed by atoms with Crippen LogP contribution in [0.2, 0.25) is 0 Å². The molecule has 0 aromatic heterocycles. The molecule has 3 aliphatic rings. The Morgan fingerprint density at radius 2 is 1.75 bits per heavy atom. The van der Waals surface area contributed by atoms with Crippen LogP contribution in [0.4, 0.5) is 4.39 Å². The van der Waals surface area contributed by atoms with Crippen molar-refractivity contribution in [1.29, 1.82) is 0 Å². The fraction of sp³-hybridized carbons (Fsp3) is 0.810. The first-order chi connectivity index (χ1) is 11.8. The molecule has 0 bridgehead atoms. The lowest BCUT2D eigenvalue weighted by atomic mass is 9.72. The third kappa shape index (κ3) is 4.92. The average molecular weight is 336 g/mol. The van der Waals surface area contributed by atoms with Gasteiger partial charge in [-0.25, -0.2) is 4.39 Å². The highest BCUT2D eigenvalue weighted by molar-refractivity contribution is 4.99. The third-order valence-electron chi connectivity index (χ3n) is 6.08. The maximum atomic E-state index is 13.2. The quantitative estimate of drug-likeness (QED) is 0.591. The molecule has 1 aliphatic heterocycles. The molecule has 3 heteroatoms. The van der Waals surface area contributed by atoms with Gasteiger partial charge in [-0.3, -0.25) is 0 Å². The zero-order valence-corrected chi connectivity index (χ0v) is 15.1. The van der Waals surface area contributed by atoms with E-state index in [0.717, 1.165) is 38.4 Å². The summed E-state index contributed by atoms with van der Waals surface area (Å²) in [4.78, 5) is 0. The van der Waals surface area contributed by atoms with Crippen molar-refractivity contribution >= 4 is 0 Å². The lowest BCUT2D eigenvalue weighted by molar-refractivity contribution is -0.223. The third-order valence-corrected chi connectivity index (χ3v) is 6.08. The van der Waals surface area contributed by atoms with Gasteiger partial charge in [-0.1, -0.05) is 31.6 Å². The first-order valence-electron chi connectivity index (χ1n) is 10.0. The molecule has 24 heavy (non-hydrogen) atoms. The highest BCUT2D eigenvalue weighted by atomic mass is 19.1. The Balaban J connectivity index is 1.38. The molecule has 2 aliphatic carbocycles. The molecule has 1 atom stereocenters. The Labute approximate surface area is 146 Å². The molecule has 0 N–H and O–H groups in total. The van der Waals surface area contributed by atoms with Crippen molar-refractivity contribution in [2.75, 3.05) is 13.2 Å². The summed E-state index contributed by atoms with van der Waals surface area (Å²) in [5.74, 6) is 2.56. The number of halogens is 1. The summed E-state index contributed by atoms with van der Waals surface area (Å²) in [6.45, 7) is 3.81. The Kier molecular flexibility index (Phi) is 6.91. The van der Waals surface area contributed by atoms with E-state index in [1.165, 1.54) is 32.1 Å². The zero-order valence-electron chi connectivity index (χ0n) is 15.1. The molecule has 1 heterocycles. The Morgan fingerprint density at radius 1 is 1.04 bits per heavy atom. The van der Waals surface area contributed by atoms with Crippen molar-refractivity contribution in [3.63, 3.8) is 0 Å². The van der Waals surface area contributed by atoms with Crippen LogP contribution in [-0.2, 0) is 9.47 Å². The van der Waals surface area contributed by atoms with Gasteiger partial charge in [0, 0.05) is 11.8 Å². The number of rotatable bonds is 5. The number of unbranched alkanes of at least 4 members (excludes halogenated alkanes) is 1. The maximum Gasteiger partial charge on any atom is 0.160 e. The second kappa shape index (κ2) is 9.15. The van der Waals surface area contributed by atoms with Gasteiger partial charge in [0.2, 0.25) is 0 Å². The van der Waals surface area contributed by atoms with Crippen molar-refractivity contribution < 1.29 is 13.9 Å². The summed E-state index contributed by atoms with van der Waals surface area (Å²) < 4.78 is 25.2. The van der Waals surface area contributed by atoms with Gasteiger partial charge in [0.25, 0.3) is 0 Å². The van der Waals surface area contributed by atoms with Crippen molar-refractivity contribution in [2.24, 2.45) is 23.7 Å². The predicted octanol–water partition coefficient (Wildman–Crippen LogP) is 5.79. The highest BCUT2D eigenvalue weighted by Crippen LogP contribution is 2.41. The molecule has 1 saturated heterocycles. The van der Waals surface area contributed by atoms with Crippen LogP contribution in [0.3, 0.4) is 0 Å². The van der Waals surface area contributed by atoms with Gasteiger partial charge < -0.3 is 9.47 Å². The molecule has 2 nitrogen and oxygen atoms in total. The average Bonchev–Trinajstić information content (AvgIpc) is 2.63. The fourth-order valence-corrected chi connectivity index (χ4v) is 4.51. The lowest BCUT2D eigenvalue weighted by Gasteiger charge is -2.39. The Bertz CT molecular complexity index is 429. The van der Waals surface area contributed by atoms with Crippen LogP contribution in [0.15, 0.2) is 24.1 Å². The largest absolute Gasteiger partial charge is 0.352 e. The highest BCUT2D eigenvalue weighted by Gasteiger charge is 2.34. The Morgan fingerprint density at radius 3 is 2.38 bits per heavy atom. The summed E-state index contributed by atoms with van der Waals surface area (Å²) >= 11 is 0. The summed E-state index contributed by atoms with van der Waals surface area (Å²) in [5, 5.41) is 0. The molecule has 1 saturated carbocycles. The Hall–Kier alpha value is -0.670. The maximum absolute atomic E-state index is 13.2. The van der Waals surface area contributed by atoms with Gasteiger partial charge in [0.1, 0.15) is 0 Å². The van der Waals surface area contributed by atoms with Gasteiger partial charge in [-0.05, 0) is 63.2 Å². The van der Waals surface area contributed by atoms with Gasteiger partial charge in [-0.15, -0.1) is 0 Å². The molecule has 2 fully saturated rings. The smallest absolute Gasteiger partial charge is 0.160 e. The van der Waals surface area contributed by atoms with Gasteiger partial charge in [0.15, 0.2) is 6.29 Å². The molecule has 136 valence electrons. The number of allylic oxidation sites excluding steroid dienone is 3. The summed E-state index contributed by atoms with van der Waals surface area (Å²) in [5.41, 5.74) is 0. The first-order valence-corrected chi connectivity index (χ1v) is 10.0. The molecule has 0 amide bonds. The molecule has 1 unspecified atom stereocenters. The van der Waals surface area contributed by atoms with Gasteiger partial charge in [-0.2, -0.15) is 0 Å². The first kappa shape index (κ1) is 18.1. The van der Waals surface area contributed by atoms with E-state index in [9.17, 15) is 4.39 Å². The van der Waals surface area contributed by atoms with Crippen molar-refractivity contribution in [1.82, 2.24) is 0 Å². The van der Waals surface area contributed by atoms with Crippen molar-refractivity contribution in [3.8, 4) is 0 Å². The van der Waals surface area contributed by atoms with E-state index in [4.69, 9.17) is 9.47 Å². The van der Waals surface area contributed by atoms with Gasteiger partial charge >= 0.3 is 0 Å². The molecule has 0 radical (unpaired) electrons. The predicted molar refractivity (Wildman–Crippen MR) is 95.2 cm³/mol. The number of hydrogen-bond donors (Lipinski definition) is 0. The van der Waals surface area contributed by atoms with E-state index in [-0.39, 0.29) is 12.1 Å².